The normalized spacial score (nSPS) is 30.5. The maximum absolute atomic E-state index is 4.71. The summed E-state index contributed by atoms with van der Waals surface area (Å²) in [6.07, 6.45) is 11.7. The Balaban J connectivity index is 1.05. The summed E-state index contributed by atoms with van der Waals surface area (Å²) in [6.45, 7) is 4.07. The van der Waals surface area contributed by atoms with Crippen LogP contribution in [0.1, 0.15) is 55.3 Å². The number of nitrogens with one attached hydrogen (secondary N) is 1. The topological polar surface area (TPSA) is 41.1 Å². The lowest BCUT2D eigenvalue weighted by molar-refractivity contribution is -0.0444. The smallest absolute Gasteiger partial charge is 0.132 e. The van der Waals surface area contributed by atoms with E-state index in [2.05, 4.69) is 52.7 Å². The fourth-order valence-electron chi connectivity index (χ4n) is 8.07. The van der Waals surface area contributed by atoms with Crippen molar-refractivity contribution in [3.8, 4) is 0 Å². The van der Waals surface area contributed by atoms with Crippen LogP contribution in [-0.4, -0.2) is 28.0 Å². The molecule has 3 aromatic rings. The van der Waals surface area contributed by atoms with Gasteiger partial charge in [0.05, 0.1) is 5.69 Å². The van der Waals surface area contributed by atoms with Crippen LogP contribution >= 0.6 is 0 Å². The molecular weight excluding hydrogens is 404 g/mol. The van der Waals surface area contributed by atoms with Gasteiger partial charge in [0.25, 0.3) is 0 Å². The van der Waals surface area contributed by atoms with Crippen LogP contribution < -0.4 is 5.32 Å². The molecule has 33 heavy (non-hydrogen) atoms. The zero-order chi connectivity index (χ0) is 21.8. The van der Waals surface area contributed by atoms with E-state index in [9.17, 15) is 0 Å². The van der Waals surface area contributed by atoms with E-state index >= 15 is 0 Å². The highest BCUT2D eigenvalue weighted by atomic mass is 15.1. The van der Waals surface area contributed by atoms with E-state index < -0.39 is 0 Å². The number of benzene rings is 2. The zero-order valence-electron chi connectivity index (χ0n) is 19.5. The van der Waals surface area contributed by atoms with Crippen LogP contribution in [0.2, 0.25) is 0 Å². The quantitative estimate of drug-likeness (QED) is 0.545. The van der Waals surface area contributed by atoms with Gasteiger partial charge in [-0.15, -0.1) is 0 Å². The number of nitrogens with zero attached hydrogens (tertiary/aromatic N) is 3. The molecule has 0 saturated heterocycles. The molecule has 1 aromatic heterocycles. The van der Waals surface area contributed by atoms with E-state index in [0.29, 0.717) is 5.41 Å². The second-order valence-electron chi connectivity index (χ2n) is 11.6. The molecule has 4 fully saturated rings. The second kappa shape index (κ2) is 7.80. The molecule has 0 amide bonds. The number of hydrogen-bond donors (Lipinski definition) is 1. The molecule has 1 N–H and O–H groups in total. The van der Waals surface area contributed by atoms with E-state index in [1.807, 2.05) is 0 Å². The van der Waals surface area contributed by atoms with E-state index in [4.69, 9.17) is 9.97 Å². The van der Waals surface area contributed by atoms with Crippen molar-refractivity contribution in [2.75, 3.05) is 18.4 Å². The standard InChI is InChI=1S/C29H34N4/c1-2-4-25-12-20(5-6-24(25)3-1)16-33-8-7-26-27(17-33)31-19-32-28(26)30-18-29-13-21-9-22(14-29)11-23(10-21)15-29/h1-6,12,19,21-23H,7-11,13-18H2,(H,30,31,32). The summed E-state index contributed by atoms with van der Waals surface area (Å²) in [5.74, 6) is 4.11. The summed E-state index contributed by atoms with van der Waals surface area (Å²) in [6, 6.07) is 15.5. The van der Waals surface area contributed by atoms with Crippen molar-refractivity contribution in [2.24, 2.45) is 23.2 Å². The minimum atomic E-state index is 0.531. The molecule has 1 aliphatic heterocycles. The van der Waals surface area contributed by atoms with Crippen LogP contribution in [0.5, 0.6) is 0 Å². The Bertz CT molecular complexity index is 1150. The summed E-state index contributed by atoms with van der Waals surface area (Å²) >= 11 is 0. The van der Waals surface area contributed by atoms with Crippen LogP contribution in [0.15, 0.2) is 48.8 Å². The Morgan fingerprint density at radius 3 is 2.45 bits per heavy atom. The zero-order valence-corrected chi connectivity index (χ0v) is 19.5. The fourth-order valence-corrected chi connectivity index (χ4v) is 8.07. The van der Waals surface area contributed by atoms with Crippen LogP contribution in [0, 0.1) is 23.2 Å². The predicted molar refractivity (Wildman–Crippen MR) is 133 cm³/mol. The van der Waals surface area contributed by atoms with Gasteiger partial charge in [-0.1, -0.05) is 36.4 Å². The monoisotopic (exact) mass is 438 g/mol. The Morgan fingerprint density at radius 1 is 0.909 bits per heavy atom. The molecule has 2 heterocycles. The summed E-state index contributed by atoms with van der Waals surface area (Å²) < 4.78 is 0. The molecule has 4 heteroatoms. The van der Waals surface area contributed by atoms with Gasteiger partial charge in [-0.3, -0.25) is 4.90 Å². The molecule has 4 saturated carbocycles. The third-order valence-corrected chi connectivity index (χ3v) is 9.10. The highest BCUT2D eigenvalue weighted by Crippen LogP contribution is 2.59. The van der Waals surface area contributed by atoms with Gasteiger partial charge >= 0.3 is 0 Å². The largest absolute Gasteiger partial charge is 0.369 e. The van der Waals surface area contributed by atoms with Crippen molar-refractivity contribution in [3.63, 3.8) is 0 Å². The summed E-state index contributed by atoms with van der Waals surface area (Å²) in [7, 11) is 0. The first-order valence-corrected chi connectivity index (χ1v) is 13.0. The van der Waals surface area contributed by atoms with Crippen LogP contribution in [0.25, 0.3) is 10.8 Å². The number of hydrogen-bond acceptors (Lipinski definition) is 4. The van der Waals surface area contributed by atoms with Crippen molar-refractivity contribution in [3.05, 3.63) is 65.6 Å². The Labute approximate surface area is 196 Å². The van der Waals surface area contributed by atoms with Gasteiger partial charge in [0.2, 0.25) is 0 Å². The van der Waals surface area contributed by atoms with Gasteiger partial charge in [0.15, 0.2) is 0 Å². The molecule has 8 rings (SSSR count). The number of anilines is 1. The second-order valence-corrected chi connectivity index (χ2v) is 11.6. The van der Waals surface area contributed by atoms with Gasteiger partial charge in [0, 0.05) is 31.7 Å². The Kier molecular flexibility index (Phi) is 4.72. The summed E-state index contributed by atoms with van der Waals surface area (Å²) in [4.78, 5) is 11.9. The summed E-state index contributed by atoms with van der Waals surface area (Å²) in [5, 5.41) is 6.48. The van der Waals surface area contributed by atoms with Gasteiger partial charge in [-0.2, -0.15) is 0 Å². The first-order chi connectivity index (χ1) is 16.2. The molecule has 4 aliphatic carbocycles. The van der Waals surface area contributed by atoms with Crippen LogP contribution in [0.3, 0.4) is 0 Å². The predicted octanol–water partition coefficient (Wildman–Crippen LogP) is 5.82. The number of fused-ring (bicyclic) bond motifs is 2. The molecule has 0 atom stereocenters. The molecule has 2 aromatic carbocycles. The van der Waals surface area contributed by atoms with E-state index in [1.54, 1.807) is 6.33 Å². The molecule has 170 valence electrons. The maximum Gasteiger partial charge on any atom is 0.132 e. The third kappa shape index (κ3) is 3.73. The molecule has 4 nitrogen and oxygen atoms in total. The maximum atomic E-state index is 4.71. The highest BCUT2D eigenvalue weighted by Gasteiger charge is 2.50. The first kappa shape index (κ1) is 20.0. The van der Waals surface area contributed by atoms with Crippen LogP contribution in [-0.2, 0) is 19.5 Å². The van der Waals surface area contributed by atoms with Gasteiger partial charge in [-0.05, 0) is 90.5 Å². The van der Waals surface area contributed by atoms with E-state index in [-0.39, 0.29) is 0 Å². The lowest BCUT2D eigenvalue weighted by atomic mass is 9.49. The molecule has 0 radical (unpaired) electrons. The Morgan fingerprint density at radius 2 is 1.67 bits per heavy atom. The lowest BCUT2D eigenvalue weighted by Crippen LogP contribution is -2.49. The SMILES string of the molecule is c1ccc2cc(CN3CCc4c(ncnc4NCC45CC6CC(CC(C6)C4)C5)C3)ccc2c1. The number of aromatic nitrogens is 2. The van der Waals surface area contributed by atoms with Gasteiger partial charge in [-0.25, -0.2) is 9.97 Å². The van der Waals surface area contributed by atoms with Crippen molar-refractivity contribution in [1.82, 2.24) is 14.9 Å². The number of rotatable bonds is 5. The molecular formula is C29H34N4. The van der Waals surface area contributed by atoms with Crippen molar-refractivity contribution < 1.29 is 0 Å². The first-order valence-electron chi connectivity index (χ1n) is 13.0. The van der Waals surface area contributed by atoms with Crippen molar-refractivity contribution >= 4 is 16.6 Å². The summed E-state index contributed by atoms with van der Waals surface area (Å²) in [5.41, 5.74) is 4.48. The molecule has 0 unspecified atom stereocenters. The van der Waals surface area contributed by atoms with Crippen LogP contribution in [0.4, 0.5) is 5.82 Å². The fraction of sp³-hybridized carbons (Fsp3) is 0.517. The molecule has 0 spiro atoms. The minimum Gasteiger partial charge on any atom is -0.369 e. The molecule has 4 bridgehead atoms. The average molecular weight is 439 g/mol. The average Bonchev–Trinajstić information content (AvgIpc) is 2.82. The molecule has 5 aliphatic rings. The highest BCUT2D eigenvalue weighted by molar-refractivity contribution is 5.82. The van der Waals surface area contributed by atoms with E-state index in [1.165, 1.54) is 66.1 Å². The van der Waals surface area contributed by atoms with Gasteiger partial charge < -0.3 is 5.32 Å². The van der Waals surface area contributed by atoms with Gasteiger partial charge in [0.1, 0.15) is 12.1 Å². The lowest BCUT2D eigenvalue weighted by Gasteiger charge is -2.57. The Hall–Kier alpha value is -2.46. The minimum absolute atomic E-state index is 0.531. The van der Waals surface area contributed by atoms with E-state index in [0.717, 1.165) is 56.2 Å². The van der Waals surface area contributed by atoms with Crippen molar-refractivity contribution in [2.45, 2.75) is 58.0 Å². The van der Waals surface area contributed by atoms with Crippen molar-refractivity contribution in [1.29, 1.82) is 0 Å². The third-order valence-electron chi connectivity index (χ3n) is 9.10.